The quantitative estimate of drug-likeness (QED) is 0.663. The van der Waals surface area contributed by atoms with Crippen molar-refractivity contribution in [3.05, 3.63) is 71.8 Å². The first kappa shape index (κ1) is 19.1. The van der Waals surface area contributed by atoms with Crippen molar-refractivity contribution in [2.24, 2.45) is 5.92 Å². The molecule has 150 valence electrons. The predicted octanol–water partition coefficient (Wildman–Crippen LogP) is 3.65. The van der Waals surface area contributed by atoms with Crippen molar-refractivity contribution < 1.29 is 13.9 Å². The average molecular weight is 394 g/mol. The van der Waals surface area contributed by atoms with Gasteiger partial charge in [-0.15, -0.1) is 5.10 Å². The van der Waals surface area contributed by atoms with Crippen LogP contribution in [0.25, 0.3) is 5.69 Å². The molecule has 0 unspecified atom stereocenters. The largest absolute Gasteiger partial charge is 0.493 e. The third kappa shape index (κ3) is 4.29. The molecular weight excluding hydrogens is 371 g/mol. The van der Waals surface area contributed by atoms with E-state index in [0.29, 0.717) is 42.7 Å². The van der Waals surface area contributed by atoms with Crippen LogP contribution in [-0.4, -0.2) is 45.5 Å². The number of rotatable bonds is 5. The van der Waals surface area contributed by atoms with E-state index in [1.54, 1.807) is 23.7 Å². The van der Waals surface area contributed by atoms with Gasteiger partial charge in [0.25, 0.3) is 5.91 Å². The highest BCUT2D eigenvalue weighted by Gasteiger charge is 2.27. The number of para-hydroxylation sites is 1. The summed E-state index contributed by atoms with van der Waals surface area (Å²) in [5, 5.41) is 8.17. The lowest BCUT2D eigenvalue weighted by Crippen LogP contribution is -2.40. The fourth-order valence-electron chi connectivity index (χ4n) is 3.54. The second-order valence-corrected chi connectivity index (χ2v) is 7.27. The summed E-state index contributed by atoms with van der Waals surface area (Å²) in [6.07, 6.45) is 1.79. The number of benzene rings is 2. The van der Waals surface area contributed by atoms with Crippen LogP contribution in [0, 0.1) is 18.7 Å². The Morgan fingerprint density at radius 2 is 1.79 bits per heavy atom. The molecule has 0 atom stereocenters. The minimum atomic E-state index is -0.318. The first-order valence-corrected chi connectivity index (χ1v) is 9.77. The van der Waals surface area contributed by atoms with Gasteiger partial charge in [-0.25, -0.2) is 9.07 Å². The normalized spacial score (nSPS) is 14.8. The molecule has 1 saturated heterocycles. The Labute approximate surface area is 168 Å². The molecule has 29 heavy (non-hydrogen) atoms. The van der Waals surface area contributed by atoms with Crippen LogP contribution in [0.3, 0.4) is 0 Å². The van der Waals surface area contributed by atoms with Crippen molar-refractivity contribution in [2.45, 2.75) is 19.8 Å². The molecule has 6 nitrogen and oxygen atoms in total. The molecule has 0 spiro atoms. The summed E-state index contributed by atoms with van der Waals surface area (Å²) in [4.78, 5) is 14.7. The van der Waals surface area contributed by atoms with Crippen molar-refractivity contribution in [1.29, 1.82) is 0 Å². The van der Waals surface area contributed by atoms with Gasteiger partial charge in [-0.1, -0.05) is 23.4 Å². The number of likely N-dealkylation sites (tertiary alicyclic amines) is 1. The molecule has 1 aromatic heterocycles. The lowest BCUT2D eigenvalue weighted by molar-refractivity contribution is 0.0654. The van der Waals surface area contributed by atoms with Crippen molar-refractivity contribution in [3.63, 3.8) is 0 Å². The van der Waals surface area contributed by atoms with Gasteiger partial charge in [-0.2, -0.15) is 0 Å². The van der Waals surface area contributed by atoms with Gasteiger partial charge in [0.05, 0.1) is 18.0 Å². The lowest BCUT2D eigenvalue weighted by atomic mass is 9.97. The Hall–Kier alpha value is -3.22. The molecule has 2 aromatic carbocycles. The summed E-state index contributed by atoms with van der Waals surface area (Å²) in [6.45, 7) is 3.80. The number of carbonyl (C=O) groups is 1. The Morgan fingerprint density at radius 1 is 1.10 bits per heavy atom. The van der Waals surface area contributed by atoms with Crippen molar-refractivity contribution >= 4 is 5.91 Å². The lowest BCUT2D eigenvalue weighted by Gasteiger charge is -2.31. The summed E-state index contributed by atoms with van der Waals surface area (Å²) in [5.74, 6) is 0.870. The number of piperidine rings is 1. The van der Waals surface area contributed by atoms with Crippen LogP contribution in [0.15, 0.2) is 54.6 Å². The van der Waals surface area contributed by atoms with Crippen LogP contribution < -0.4 is 4.74 Å². The molecule has 0 N–H and O–H groups in total. The number of hydrogen-bond donors (Lipinski definition) is 0. The summed E-state index contributed by atoms with van der Waals surface area (Å²) in [6, 6.07) is 15.7. The average Bonchev–Trinajstić information content (AvgIpc) is 3.15. The zero-order valence-corrected chi connectivity index (χ0v) is 16.3. The van der Waals surface area contributed by atoms with E-state index >= 15 is 0 Å². The molecule has 1 fully saturated rings. The van der Waals surface area contributed by atoms with Crippen LogP contribution in [0.4, 0.5) is 4.39 Å². The Balaban J connectivity index is 1.35. The number of nitrogens with zero attached hydrogens (tertiary/aromatic N) is 4. The highest BCUT2D eigenvalue weighted by atomic mass is 19.1. The van der Waals surface area contributed by atoms with E-state index in [1.165, 1.54) is 12.1 Å². The molecule has 0 bridgehead atoms. The van der Waals surface area contributed by atoms with Crippen LogP contribution >= 0.6 is 0 Å². The third-order valence-electron chi connectivity index (χ3n) is 5.30. The number of hydrogen-bond acceptors (Lipinski definition) is 4. The first-order chi connectivity index (χ1) is 14.1. The smallest absolute Gasteiger partial charge is 0.276 e. The van der Waals surface area contributed by atoms with Crippen LogP contribution in [0.5, 0.6) is 5.75 Å². The van der Waals surface area contributed by atoms with Crippen LogP contribution in [0.1, 0.15) is 29.0 Å². The fourth-order valence-corrected chi connectivity index (χ4v) is 3.54. The molecule has 1 aliphatic rings. The molecule has 2 heterocycles. The number of amides is 1. The molecule has 1 amide bonds. The van der Waals surface area contributed by atoms with Gasteiger partial charge in [0, 0.05) is 13.1 Å². The van der Waals surface area contributed by atoms with E-state index in [-0.39, 0.29) is 11.7 Å². The van der Waals surface area contributed by atoms with Gasteiger partial charge in [-0.05, 0) is 62.1 Å². The summed E-state index contributed by atoms with van der Waals surface area (Å²) in [5.41, 5.74) is 1.66. The van der Waals surface area contributed by atoms with Crippen LogP contribution in [0.2, 0.25) is 0 Å². The van der Waals surface area contributed by atoms with E-state index in [9.17, 15) is 9.18 Å². The maximum absolute atomic E-state index is 13.1. The Kier molecular flexibility index (Phi) is 5.55. The van der Waals surface area contributed by atoms with Crippen LogP contribution in [-0.2, 0) is 0 Å². The number of carbonyl (C=O) groups excluding carboxylic acids is 1. The van der Waals surface area contributed by atoms with Gasteiger partial charge in [0.1, 0.15) is 11.6 Å². The summed E-state index contributed by atoms with van der Waals surface area (Å²) >= 11 is 0. The molecule has 4 rings (SSSR count). The minimum Gasteiger partial charge on any atom is -0.493 e. The fraction of sp³-hybridized carbons (Fsp3) is 0.318. The topological polar surface area (TPSA) is 60.3 Å². The van der Waals surface area contributed by atoms with E-state index < -0.39 is 0 Å². The first-order valence-electron chi connectivity index (χ1n) is 9.77. The van der Waals surface area contributed by atoms with Gasteiger partial charge in [0.2, 0.25) is 0 Å². The number of ether oxygens (including phenoxy) is 1. The van der Waals surface area contributed by atoms with E-state index in [1.807, 2.05) is 35.2 Å². The maximum atomic E-state index is 13.1. The zero-order chi connectivity index (χ0) is 20.2. The highest BCUT2D eigenvalue weighted by molar-refractivity contribution is 5.93. The minimum absolute atomic E-state index is 0.113. The Bertz CT molecular complexity index is 964. The van der Waals surface area contributed by atoms with Crippen molar-refractivity contribution in [1.82, 2.24) is 19.9 Å². The molecule has 0 saturated carbocycles. The number of aromatic nitrogens is 3. The third-order valence-corrected chi connectivity index (χ3v) is 5.30. The molecule has 3 aromatic rings. The molecule has 0 aliphatic carbocycles. The van der Waals surface area contributed by atoms with Gasteiger partial charge in [-0.3, -0.25) is 4.79 Å². The van der Waals surface area contributed by atoms with Gasteiger partial charge < -0.3 is 9.64 Å². The number of halogens is 1. The van der Waals surface area contributed by atoms with Crippen molar-refractivity contribution in [2.75, 3.05) is 19.7 Å². The molecule has 1 aliphatic heterocycles. The summed E-state index contributed by atoms with van der Waals surface area (Å²) < 4.78 is 20.6. The molecule has 0 radical (unpaired) electrons. The Morgan fingerprint density at radius 3 is 2.48 bits per heavy atom. The summed E-state index contributed by atoms with van der Waals surface area (Å²) in [7, 11) is 0. The van der Waals surface area contributed by atoms with Crippen molar-refractivity contribution in [3.8, 4) is 11.4 Å². The second-order valence-electron chi connectivity index (χ2n) is 7.27. The molecular formula is C22H23FN4O2. The van der Waals surface area contributed by atoms with E-state index in [0.717, 1.165) is 18.6 Å². The van der Waals surface area contributed by atoms with E-state index in [2.05, 4.69) is 10.3 Å². The molecule has 7 heteroatoms. The second kappa shape index (κ2) is 8.43. The predicted molar refractivity (Wildman–Crippen MR) is 107 cm³/mol. The maximum Gasteiger partial charge on any atom is 0.276 e. The standard InChI is InChI=1S/C22H23FN4O2/c1-16-21(24-25-27(16)19-9-7-18(23)8-10-19)22(28)26-13-11-17(12-14-26)15-29-20-5-3-2-4-6-20/h2-10,17H,11-15H2,1H3. The highest BCUT2D eigenvalue weighted by Crippen LogP contribution is 2.22. The van der Waals surface area contributed by atoms with Gasteiger partial charge >= 0.3 is 0 Å². The SMILES string of the molecule is Cc1c(C(=O)N2CCC(COc3ccccc3)CC2)nnn1-c1ccc(F)cc1. The van der Waals surface area contributed by atoms with E-state index in [4.69, 9.17) is 4.74 Å². The monoisotopic (exact) mass is 394 g/mol. The zero-order valence-electron chi connectivity index (χ0n) is 16.3. The van der Waals surface area contributed by atoms with Gasteiger partial charge in [0.15, 0.2) is 5.69 Å².